The van der Waals surface area contributed by atoms with E-state index in [0.717, 1.165) is 22.0 Å². The lowest BCUT2D eigenvalue weighted by atomic mass is 10.2. The Kier molecular flexibility index (Phi) is 7.13. The maximum atomic E-state index is 13.4. The van der Waals surface area contributed by atoms with Crippen molar-refractivity contribution in [3.8, 4) is 0 Å². The van der Waals surface area contributed by atoms with E-state index in [2.05, 4.69) is 10.5 Å². The molecule has 3 aromatic rings. The SMILES string of the molecule is Cc1ccc(S(=O)(=O)N(CC(=O)N/N=C\c2ccc([N+](=O)[O-])cc2)c2ccc(F)cc2)cc1. The van der Waals surface area contributed by atoms with E-state index in [1.54, 1.807) is 12.1 Å². The van der Waals surface area contributed by atoms with Crippen LogP contribution >= 0.6 is 0 Å². The lowest BCUT2D eigenvalue weighted by Crippen LogP contribution is -2.39. The number of halogens is 1. The van der Waals surface area contributed by atoms with Gasteiger partial charge in [0, 0.05) is 12.1 Å². The Bertz CT molecular complexity index is 1280. The molecule has 0 aliphatic carbocycles. The van der Waals surface area contributed by atoms with Crippen LogP contribution in [0.15, 0.2) is 82.8 Å². The molecule has 1 amide bonds. The minimum Gasteiger partial charge on any atom is -0.271 e. The fourth-order valence-electron chi connectivity index (χ4n) is 2.79. The highest BCUT2D eigenvalue weighted by molar-refractivity contribution is 7.92. The van der Waals surface area contributed by atoms with Crippen LogP contribution in [0.2, 0.25) is 0 Å². The monoisotopic (exact) mass is 470 g/mol. The molecule has 0 aromatic heterocycles. The van der Waals surface area contributed by atoms with Gasteiger partial charge in [-0.25, -0.2) is 18.2 Å². The number of carbonyl (C=O) groups excluding carboxylic acids is 1. The van der Waals surface area contributed by atoms with Crippen molar-refractivity contribution in [1.29, 1.82) is 0 Å². The minimum atomic E-state index is -4.13. The third kappa shape index (κ3) is 5.98. The first-order chi connectivity index (χ1) is 15.7. The molecule has 0 saturated heterocycles. The number of rotatable bonds is 8. The second kappa shape index (κ2) is 10.0. The van der Waals surface area contributed by atoms with Crippen LogP contribution in [0.25, 0.3) is 0 Å². The van der Waals surface area contributed by atoms with E-state index in [-0.39, 0.29) is 16.3 Å². The third-order valence-electron chi connectivity index (χ3n) is 4.52. The Hall–Kier alpha value is -4.12. The first kappa shape index (κ1) is 23.5. The Morgan fingerprint density at radius 2 is 1.67 bits per heavy atom. The summed E-state index contributed by atoms with van der Waals surface area (Å²) in [6, 6.07) is 16.3. The molecule has 3 aromatic carbocycles. The molecule has 9 nitrogen and oxygen atoms in total. The van der Waals surface area contributed by atoms with Gasteiger partial charge in [-0.2, -0.15) is 5.10 Å². The molecule has 0 aliphatic rings. The molecule has 11 heteroatoms. The first-order valence-electron chi connectivity index (χ1n) is 9.58. The second-order valence-corrected chi connectivity index (χ2v) is 8.81. The van der Waals surface area contributed by atoms with E-state index in [0.29, 0.717) is 5.56 Å². The van der Waals surface area contributed by atoms with Crippen molar-refractivity contribution in [1.82, 2.24) is 5.43 Å². The van der Waals surface area contributed by atoms with E-state index in [4.69, 9.17) is 0 Å². The quantitative estimate of drug-likeness (QED) is 0.307. The normalized spacial score (nSPS) is 11.3. The summed E-state index contributed by atoms with van der Waals surface area (Å²) in [4.78, 5) is 22.6. The molecule has 0 bridgehead atoms. The maximum absolute atomic E-state index is 13.4. The van der Waals surface area contributed by atoms with Gasteiger partial charge in [0.15, 0.2) is 0 Å². The van der Waals surface area contributed by atoms with Crippen molar-refractivity contribution in [2.75, 3.05) is 10.8 Å². The number of anilines is 1. The number of nitrogens with one attached hydrogen (secondary N) is 1. The maximum Gasteiger partial charge on any atom is 0.269 e. The summed E-state index contributed by atoms with van der Waals surface area (Å²) in [5, 5.41) is 14.5. The summed E-state index contributed by atoms with van der Waals surface area (Å²) in [7, 11) is -4.13. The van der Waals surface area contributed by atoms with Gasteiger partial charge in [-0.15, -0.1) is 0 Å². The van der Waals surface area contributed by atoms with Gasteiger partial charge < -0.3 is 0 Å². The highest BCUT2D eigenvalue weighted by Gasteiger charge is 2.27. The van der Waals surface area contributed by atoms with Crippen LogP contribution in [0, 0.1) is 22.9 Å². The van der Waals surface area contributed by atoms with Crippen molar-refractivity contribution >= 4 is 33.5 Å². The van der Waals surface area contributed by atoms with Gasteiger partial charge in [-0.3, -0.25) is 19.2 Å². The zero-order chi connectivity index (χ0) is 24.0. The number of non-ortho nitro benzene ring substituents is 1. The number of aryl methyl sites for hydroxylation is 1. The van der Waals surface area contributed by atoms with Crippen LogP contribution in [0.4, 0.5) is 15.8 Å². The standard InChI is InChI=1S/C22H19FN4O5S/c1-16-2-12-21(13-3-16)33(31,32)26(19-10-6-18(23)7-11-19)15-22(28)25-24-14-17-4-8-20(9-5-17)27(29)30/h2-14H,15H2,1H3,(H,25,28)/b24-14-. The van der Waals surface area contributed by atoms with E-state index in [1.165, 1.54) is 54.7 Å². The van der Waals surface area contributed by atoms with E-state index in [1.807, 2.05) is 6.92 Å². The summed E-state index contributed by atoms with van der Waals surface area (Å²) in [6.07, 6.45) is 1.26. The zero-order valence-corrected chi connectivity index (χ0v) is 18.2. The van der Waals surface area contributed by atoms with Crippen molar-refractivity contribution < 1.29 is 22.5 Å². The minimum absolute atomic E-state index is 0.0281. The largest absolute Gasteiger partial charge is 0.271 e. The number of nitrogens with zero attached hydrogens (tertiary/aromatic N) is 3. The number of nitro benzene ring substituents is 1. The number of hydrogen-bond acceptors (Lipinski definition) is 6. The Morgan fingerprint density at radius 3 is 2.24 bits per heavy atom. The van der Waals surface area contributed by atoms with Gasteiger partial charge >= 0.3 is 0 Å². The van der Waals surface area contributed by atoms with Crippen LogP contribution in [-0.2, 0) is 14.8 Å². The molecule has 0 heterocycles. The van der Waals surface area contributed by atoms with Crippen LogP contribution < -0.4 is 9.73 Å². The molecule has 3 rings (SSSR count). The number of nitro groups is 1. The fourth-order valence-corrected chi connectivity index (χ4v) is 4.21. The number of hydrazone groups is 1. The average Bonchev–Trinajstić information content (AvgIpc) is 2.79. The Morgan fingerprint density at radius 1 is 1.06 bits per heavy atom. The molecule has 0 unspecified atom stereocenters. The van der Waals surface area contributed by atoms with E-state index >= 15 is 0 Å². The lowest BCUT2D eigenvalue weighted by molar-refractivity contribution is -0.384. The fraction of sp³-hybridized carbons (Fsp3) is 0.0909. The van der Waals surface area contributed by atoms with Gasteiger partial charge in [0.1, 0.15) is 12.4 Å². The average molecular weight is 470 g/mol. The second-order valence-electron chi connectivity index (χ2n) is 6.94. The van der Waals surface area contributed by atoms with Gasteiger partial charge in [0.2, 0.25) is 0 Å². The van der Waals surface area contributed by atoms with Crippen LogP contribution in [0.1, 0.15) is 11.1 Å². The van der Waals surface area contributed by atoms with Gasteiger partial charge in [-0.05, 0) is 61.0 Å². The molecule has 170 valence electrons. The molecule has 0 radical (unpaired) electrons. The van der Waals surface area contributed by atoms with E-state index < -0.39 is 33.2 Å². The van der Waals surface area contributed by atoms with Crippen molar-refractivity contribution in [2.24, 2.45) is 5.10 Å². The number of sulfonamides is 1. The summed E-state index contributed by atoms with van der Waals surface area (Å²) in [5.41, 5.74) is 3.59. The summed E-state index contributed by atoms with van der Waals surface area (Å²) >= 11 is 0. The zero-order valence-electron chi connectivity index (χ0n) is 17.4. The van der Waals surface area contributed by atoms with Crippen LogP contribution in [0.3, 0.4) is 0 Å². The van der Waals surface area contributed by atoms with Gasteiger partial charge in [0.05, 0.1) is 21.7 Å². The number of amides is 1. The molecule has 33 heavy (non-hydrogen) atoms. The number of hydrogen-bond donors (Lipinski definition) is 1. The number of benzene rings is 3. The first-order valence-corrected chi connectivity index (χ1v) is 11.0. The van der Waals surface area contributed by atoms with E-state index in [9.17, 15) is 27.7 Å². The van der Waals surface area contributed by atoms with Crippen molar-refractivity contribution in [2.45, 2.75) is 11.8 Å². The van der Waals surface area contributed by atoms with Gasteiger partial charge in [-0.1, -0.05) is 17.7 Å². The lowest BCUT2D eigenvalue weighted by Gasteiger charge is -2.23. The summed E-state index contributed by atoms with van der Waals surface area (Å²) in [5.74, 6) is -1.29. The topological polar surface area (TPSA) is 122 Å². The summed E-state index contributed by atoms with van der Waals surface area (Å²) in [6.45, 7) is 1.20. The van der Waals surface area contributed by atoms with Crippen LogP contribution in [0.5, 0.6) is 0 Å². The van der Waals surface area contributed by atoms with Gasteiger partial charge in [0.25, 0.3) is 21.6 Å². The molecule has 0 saturated carbocycles. The van der Waals surface area contributed by atoms with Crippen molar-refractivity contribution in [3.05, 3.63) is 99.9 Å². The summed E-state index contributed by atoms with van der Waals surface area (Å²) < 4.78 is 40.6. The molecule has 0 fully saturated rings. The highest BCUT2D eigenvalue weighted by atomic mass is 32.2. The molecule has 0 aliphatic heterocycles. The molecular formula is C22H19FN4O5S. The highest BCUT2D eigenvalue weighted by Crippen LogP contribution is 2.24. The smallest absolute Gasteiger partial charge is 0.269 e. The number of carbonyl (C=O) groups is 1. The van der Waals surface area contributed by atoms with Crippen molar-refractivity contribution in [3.63, 3.8) is 0 Å². The Labute approximate surface area is 189 Å². The third-order valence-corrected chi connectivity index (χ3v) is 6.31. The van der Waals surface area contributed by atoms with Crippen LogP contribution in [-0.4, -0.2) is 32.0 Å². The molecule has 0 spiro atoms. The molecule has 1 N–H and O–H groups in total. The molecular weight excluding hydrogens is 451 g/mol. The predicted octanol–water partition coefficient (Wildman–Crippen LogP) is 3.39. The Balaban J connectivity index is 1.79. The predicted molar refractivity (Wildman–Crippen MR) is 121 cm³/mol. The molecule has 0 atom stereocenters.